The molecule has 0 atom stereocenters. The van der Waals surface area contributed by atoms with Gasteiger partial charge in [-0.25, -0.2) is 4.79 Å². The Kier molecular flexibility index (Phi) is 6.39. The number of carbonyl (C=O) groups is 1. The summed E-state index contributed by atoms with van der Waals surface area (Å²) >= 11 is 0. The number of ether oxygens (including phenoxy) is 1. The zero-order chi connectivity index (χ0) is 23.3. The number of nitrogens with one attached hydrogen (secondary N) is 2. The van der Waals surface area contributed by atoms with Crippen molar-refractivity contribution >= 4 is 5.91 Å². The van der Waals surface area contributed by atoms with Crippen LogP contribution in [-0.4, -0.2) is 26.8 Å². The summed E-state index contributed by atoms with van der Waals surface area (Å²) in [5.74, 6) is -1.55. The summed E-state index contributed by atoms with van der Waals surface area (Å²) in [6.45, 7) is -0.532. The Morgan fingerprint density at radius 1 is 1.22 bits per heavy atom. The first-order chi connectivity index (χ1) is 15.2. The number of amides is 1. The maximum Gasteiger partial charge on any atom is 0.573 e. The monoisotopic (exact) mass is 445 g/mol. The van der Waals surface area contributed by atoms with Crippen molar-refractivity contribution in [3.05, 3.63) is 92.0 Å². The molecule has 0 spiro atoms. The van der Waals surface area contributed by atoms with Gasteiger partial charge in [0, 0.05) is 24.4 Å². The number of hydrogen-bond donors (Lipinski definition) is 2. The van der Waals surface area contributed by atoms with Crippen LogP contribution in [0.4, 0.5) is 13.2 Å². The molecule has 2 N–H and O–H groups in total. The molecule has 12 heteroatoms. The van der Waals surface area contributed by atoms with Gasteiger partial charge in [0.1, 0.15) is 11.4 Å². The van der Waals surface area contributed by atoms with E-state index in [1.807, 2.05) is 0 Å². The van der Waals surface area contributed by atoms with Crippen LogP contribution in [0.2, 0.25) is 0 Å². The third-order valence-electron chi connectivity index (χ3n) is 4.17. The van der Waals surface area contributed by atoms with Gasteiger partial charge < -0.3 is 15.0 Å². The van der Waals surface area contributed by atoms with E-state index in [1.165, 1.54) is 18.3 Å². The lowest BCUT2D eigenvalue weighted by atomic mass is 10.1. The van der Waals surface area contributed by atoms with Crippen LogP contribution in [0.15, 0.2) is 58.3 Å². The number of alkyl halides is 3. The zero-order valence-corrected chi connectivity index (χ0v) is 16.1. The molecule has 0 unspecified atom stereocenters. The highest BCUT2D eigenvalue weighted by molar-refractivity contribution is 5.92. The molecule has 1 aromatic carbocycles. The number of aromatic nitrogens is 3. The lowest BCUT2D eigenvalue weighted by molar-refractivity contribution is -0.274. The van der Waals surface area contributed by atoms with Gasteiger partial charge in [0.15, 0.2) is 0 Å². The second kappa shape index (κ2) is 9.17. The molecule has 0 aliphatic carbocycles. The standard InChI is InChI=1S/C20H14F3N5O4/c21-20(22,23)32-16-7-12(9-24)4-5-13(16)10-26-18(30)15-8-17(29)28(19(31)27-15)11-14-3-1-2-6-25-14/h1-8H,10-11H2,(H,26,30)(H,27,31). The largest absolute Gasteiger partial charge is 0.573 e. The van der Waals surface area contributed by atoms with Gasteiger partial charge in [0.05, 0.1) is 23.9 Å². The Morgan fingerprint density at radius 2 is 2.00 bits per heavy atom. The number of H-pyrrole nitrogens is 1. The molecular weight excluding hydrogens is 431 g/mol. The quantitative estimate of drug-likeness (QED) is 0.594. The Morgan fingerprint density at radius 3 is 2.62 bits per heavy atom. The minimum Gasteiger partial charge on any atom is -0.405 e. The third kappa shape index (κ3) is 5.60. The van der Waals surface area contributed by atoms with Gasteiger partial charge in [-0.3, -0.25) is 19.1 Å². The number of nitriles is 1. The highest BCUT2D eigenvalue weighted by Crippen LogP contribution is 2.27. The van der Waals surface area contributed by atoms with Gasteiger partial charge in [-0.1, -0.05) is 12.1 Å². The Balaban J connectivity index is 1.78. The van der Waals surface area contributed by atoms with Gasteiger partial charge in [-0.05, 0) is 24.3 Å². The van der Waals surface area contributed by atoms with E-state index in [2.05, 4.69) is 20.0 Å². The van der Waals surface area contributed by atoms with Crippen molar-refractivity contribution in [2.75, 3.05) is 0 Å². The number of nitrogens with zero attached hydrogens (tertiary/aromatic N) is 3. The molecule has 0 saturated carbocycles. The maximum absolute atomic E-state index is 12.6. The molecule has 0 radical (unpaired) electrons. The summed E-state index contributed by atoms with van der Waals surface area (Å²) < 4.78 is 42.6. The van der Waals surface area contributed by atoms with E-state index in [1.54, 1.807) is 24.3 Å². The molecule has 3 aromatic rings. The third-order valence-corrected chi connectivity index (χ3v) is 4.17. The first-order valence-electron chi connectivity index (χ1n) is 8.97. The van der Waals surface area contributed by atoms with Gasteiger partial charge >= 0.3 is 12.1 Å². The lowest BCUT2D eigenvalue weighted by Crippen LogP contribution is -2.38. The van der Waals surface area contributed by atoms with Crippen LogP contribution in [0, 0.1) is 11.3 Å². The Hall–Kier alpha value is -4.40. The average Bonchev–Trinajstić information content (AvgIpc) is 2.74. The molecule has 1 amide bonds. The van der Waals surface area contributed by atoms with Crippen LogP contribution >= 0.6 is 0 Å². The minimum atomic E-state index is -5.00. The predicted molar refractivity (Wildman–Crippen MR) is 104 cm³/mol. The summed E-state index contributed by atoms with van der Waals surface area (Å²) in [6.07, 6.45) is -3.51. The average molecular weight is 445 g/mol. The van der Waals surface area contributed by atoms with E-state index >= 15 is 0 Å². The Bertz CT molecular complexity index is 1260. The highest BCUT2D eigenvalue weighted by Gasteiger charge is 2.32. The van der Waals surface area contributed by atoms with E-state index in [0.29, 0.717) is 5.69 Å². The number of halogens is 3. The molecule has 3 rings (SSSR count). The van der Waals surface area contributed by atoms with Crippen LogP contribution in [0.25, 0.3) is 0 Å². The normalized spacial score (nSPS) is 10.9. The SMILES string of the molecule is N#Cc1ccc(CNC(=O)c2cc(=O)n(Cc3ccccn3)c(=O)[nH]2)c(OC(F)(F)F)c1. The summed E-state index contributed by atoms with van der Waals surface area (Å²) in [5, 5.41) is 11.2. The molecule has 32 heavy (non-hydrogen) atoms. The number of benzene rings is 1. The van der Waals surface area contributed by atoms with Crippen LogP contribution < -0.4 is 21.3 Å². The first-order valence-corrected chi connectivity index (χ1v) is 8.97. The van der Waals surface area contributed by atoms with Crippen molar-refractivity contribution in [3.63, 3.8) is 0 Å². The molecule has 0 aliphatic heterocycles. The van der Waals surface area contributed by atoms with Gasteiger partial charge in [-0.2, -0.15) is 5.26 Å². The van der Waals surface area contributed by atoms with Crippen molar-refractivity contribution in [1.29, 1.82) is 5.26 Å². The van der Waals surface area contributed by atoms with Crippen molar-refractivity contribution in [3.8, 4) is 11.8 Å². The van der Waals surface area contributed by atoms with E-state index < -0.39 is 35.8 Å². The number of rotatable bonds is 6. The van der Waals surface area contributed by atoms with Crippen molar-refractivity contribution in [2.45, 2.75) is 19.5 Å². The lowest BCUT2D eigenvalue weighted by Gasteiger charge is -2.14. The van der Waals surface area contributed by atoms with Gasteiger partial charge in [-0.15, -0.1) is 13.2 Å². The zero-order valence-electron chi connectivity index (χ0n) is 16.1. The second-order valence-corrected chi connectivity index (χ2v) is 6.40. The van der Waals surface area contributed by atoms with Gasteiger partial charge in [0.2, 0.25) is 0 Å². The molecule has 0 bridgehead atoms. The van der Waals surface area contributed by atoms with Crippen molar-refractivity contribution in [2.24, 2.45) is 0 Å². The van der Waals surface area contributed by atoms with E-state index in [0.717, 1.165) is 16.7 Å². The molecule has 0 aliphatic rings. The van der Waals surface area contributed by atoms with Crippen LogP contribution in [0.5, 0.6) is 5.75 Å². The van der Waals surface area contributed by atoms with Crippen molar-refractivity contribution in [1.82, 2.24) is 19.9 Å². The molecular formula is C20H14F3N5O4. The molecule has 164 valence electrons. The Labute approximate surface area is 177 Å². The second-order valence-electron chi connectivity index (χ2n) is 6.40. The molecule has 2 heterocycles. The van der Waals surface area contributed by atoms with Crippen molar-refractivity contribution < 1.29 is 22.7 Å². The number of aromatic amines is 1. The molecule has 9 nitrogen and oxygen atoms in total. The van der Waals surface area contributed by atoms with Crippen LogP contribution in [-0.2, 0) is 13.1 Å². The fourth-order valence-electron chi connectivity index (χ4n) is 2.71. The van der Waals surface area contributed by atoms with Gasteiger partial charge in [0.25, 0.3) is 11.5 Å². The molecule has 2 aromatic heterocycles. The molecule has 0 fully saturated rings. The topological polar surface area (TPSA) is 130 Å². The number of hydrogen-bond acceptors (Lipinski definition) is 6. The predicted octanol–water partition coefficient (Wildman–Crippen LogP) is 1.68. The smallest absolute Gasteiger partial charge is 0.405 e. The van der Waals surface area contributed by atoms with E-state index in [-0.39, 0.29) is 23.4 Å². The minimum absolute atomic E-state index is 0.0690. The van der Waals surface area contributed by atoms with E-state index in [4.69, 9.17) is 5.26 Å². The number of pyridine rings is 1. The molecule has 0 saturated heterocycles. The van der Waals surface area contributed by atoms with Crippen LogP contribution in [0.3, 0.4) is 0 Å². The first kappa shape index (κ1) is 22.3. The van der Waals surface area contributed by atoms with Crippen LogP contribution in [0.1, 0.15) is 27.3 Å². The summed E-state index contributed by atoms with van der Waals surface area (Å²) in [6, 6.07) is 10.9. The number of carbonyl (C=O) groups excluding carboxylic acids is 1. The summed E-state index contributed by atoms with van der Waals surface area (Å²) in [5.41, 5.74) is -1.67. The maximum atomic E-state index is 12.6. The summed E-state index contributed by atoms with van der Waals surface area (Å²) in [4.78, 5) is 43.2. The summed E-state index contributed by atoms with van der Waals surface area (Å²) in [7, 11) is 0. The fraction of sp³-hybridized carbons (Fsp3) is 0.150. The fourth-order valence-corrected chi connectivity index (χ4v) is 2.71. The highest BCUT2D eigenvalue weighted by atomic mass is 19.4. The van der Waals surface area contributed by atoms with E-state index in [9.17, 15) is 27.6 Å².